The molecule has 0 aliphatic carbocycles. The number of carbonyl (C=O) groups is 2. The topological polar surface area (TPSA) is 70.7 Å². The van der Waals surface area contributed by atoms with Crippen molar-refractivity contribution in [3.63, 3.8) is 0 Å². The minimum absolute atomic E-state index is 0.0888. The minimum Gasteiger partial charge on any atom is -0.497 e. The summed E-state index contributed by atoms with van der Waals surface area (Å²) >= 11 is 0. The highest BCUT2D eigenvalue weighted by Gasteiger charge is 2.33. The van der Waals surface area contributed by atoms with Crippen molar-refractivity contribution in [2.75, 3.05) is 23.9 Å². The summed E-state index contributed by atoms with van der Waals surface area (Å²) in [6.45, 7) is 4.65. The Labute approximate surface area is 153 Å². The summed E-state index contributed by atoms with van der Waals surface area (Å²) in [5.41, 5.74) is 3.81. The van der Waals surface area contributed by atoms with Crippen molar-refractivity contribution in [3.05, 3.63) is 53.6 Å². The van der Waals surface area contributed by atoms with Crippen molar-refractivity contribution in [2.24, 2.45) is 0 Å². The van der Waals surface area contributed by atoms with E-state index in [1.165, 1.54) is 5.56 Å². The molecule has 2 aromatic carbocycles. The average Bonchev–Trinajstić information content (AvgIpc) is 2.98. The molecule has 26 heavy (non-hydrogen) atoms. The molecule has 0 aromatic heterocycles. The molecule has 1 saturated heterocycles. The number of nitrogens with zero attached hydrogens (tertiary/aromatic N) is 1. The first kappa shape index (κ1) is 17.8. The van der Waals surface area contributed by atoms with Gasteiger partial charge < -0.3 is 20.3 Å². The lowest BCUT2D eigenvalue weighted by Crippen LogP contribution is -2.43. The molecule has 2 aromatic rings. The van der Waals surface area contributed by atoms with E-state index >= 15 is 0 Å². The number of benzene rings is 2. The van der Waals surface area contributed by atoms with Crippen molar-refractivity contribution in [1.29, 1.82) is 0 Å². The molecule has 1 aliphatic rings. The third kappa shape index (κ3) is 3.79. The standard InChI is InChI=1S/C20H23N3O3/c1-13-7-8-16(11-14(13)2)23-10-9-18(19(23)24)22-20(25)21-15-5-4-6-17(12-15)26-3/h4-8,11-12,18H,9-10H2,1-3H3,(H2,21,22,25). The molecule has 1 heterocycles. The molecule has 0 bridgehead atoms. The Bertz CT molecular complexity index is 835. The summed E-state index contributed by atoms with van der Waals surface area (Å²) in [4.78, 5) is 26.6. The van der Waals surface area contributed by atoms with Gasteiger partial charge in [0.15, 0.2) is 0 Å². The van der Waals surface area contributed by atoms with Gasteiger partial charge in [0.1, 0.15) is 11.8 Å². The number of rotatable bonds is 4. The Morgan fingerprint density at radius 3 is 2.69 bits per heavy atom. The van der Waals surface area contributed by atoms with Gasteiger partial charge in [-0.2, -0.15) is 0 Å². The maximum atomic E-state index is 12.7. The molecular formula is C20H23N3O3. The average molecular weight is 353 g/mol. The first-order chi connectivity index (χ1) is 12.5. The molecule has 3 rings (SSSR count). The fourth-order valence-electron chi connectivity index (χ4n) is 2.99. The zero-order valence-electron chi connectivity index (χ0n) is 15.2. The van der Waals surface area contributed by atoms with Crippen LogP contribution in [0.2, 0.25) is 0 Å². The molecule has 3 amide bonds. The Morgan fingerprint density at radius 2 is 1.96 bits per heavy atom. The summed E-state index contributed by atoms with van der Waals surface area (Å²) in [5, 5.41) is 5.49. The fourth-order valence-corrected chi connectivity index (χ4v) is 2.99. The van der Waals surface area contributed by atoms with E-state index < -0.39 is 12.1 Å². The lowest BCUT2D eigenvalue weighted by molar-refractivity contribution is -0.118. The number of urea groups is 1. The molecule has 2 N–H and O–H groups in total. The Kier molecular flexibility index (Phi) is 5.11. The van der Waals surface area contributed by atoms with Crippen LogP contribution in [0.5, 0.6) is 5.75 Å². The summed E-state index contributed by atoms with van der Waals surface area (Å²) in [5.74, 6) is 0.565. The van der Waals surface area contributed by atoms with Crippen LogP contribution in [0.4, 0.5) is 16.2 Å². The van der Waals surface area contributed by atoms with Crippen molar-refractivity contribution in [3.8, 4) is 5.75 Å². The van der Waals surface area contributed by atoms with Crippen molar-refractivity contribution in [2.45, 2.75) is 26.3 Å². The highest BCUT2D eigenvalue weighted by molar-refractivity contribution is 6.02. The van der Waals surface area contributed by atoms with Gasteiger partial charge in [-0.05, 0) is 55.7 Å². The number of hydrogen-bond donors (Lipinski definition) is 2. The molecule has 0 saturated carbocycles. The van der Waals surface area contributed by atoms with Crippen LogP contribution in [0, 0.1) is 13.8 Å². The number of aryl methyl sites for hydroxylation is 2. The van der Waals surface area contributed by atoms with Crippen LogP contribution < -0.4 is 20.3 Å². The third-order valence-corrected chi connectivity index (χ3v) is 4.64. The van der Waals surface area contributed by atoms with Crippen LogP contribution in [0.1, 0.15) is 17.5 Å². The summed E-state index contributed by atoms with van der Waals surface area (Å²) in [6.07, 6.45) is 0.581. The van der Waals surface area contributed by atoms with Gasteiger partial charge in [0.05, 0.1) is 7.11 Å². The third-order valence-electron chi connectivity index (χ3n) is 4.64. The van der Waals surface area contributed by atoms with E-state index in [-0.39, 0.29) is 5.91 Å². The molecule has 1 unspecified atom stereocenters. The van der Waals surface area contributed by atoms with Crippen LogP contribution in [-0.2, 0) is 4.79 Å². The first-order valence-electron chi connectivity index (χ1n) is 8.58. The van der Waals surface area contributed by atoms with Crippen LogP contribution >= 0.6 is 0 Å². The second kappa shape index (κ2) is 7.47. The number of methoxy groups -OCH3 is 1. The monoisotopic (exact) mass is 353 g/mol. The molecule has 1 fully saturated rings. The van der Waals surface area contributed by atoms with Crippen LogP contribution in [-0.4, -0.2) is 31.6 Å². The van der Waals surface area contributed by atoms with E-state index in [1.807, 2.05) is 32.0 Å². The minimum atomic E-state index is -0.526. The number of amides is 3. The van der Waals surface area contributed by atoms with Gasteiger partial charge in [-0.3, -0.25) is 4.79 Å². The van der Waals surface area contributed by atoms with Gasteiger partial charge in [-0.25, -0.2) is 4.79 Å². The van der Waals surface area contributed by atoms with Crippen LogP contribution in [0.3, 0.4) is 0 Å². The molecule has 6 nitrogen and oxygen atoms in total. The SMILES string of the molecule is COc1cccc(NC(=O)NC2CCN(c3ccc(C)c(C)c3)C2=O)c1. The predicted molar refractivity (Wildman–Crippen MR) is 102 cm³/mol. The molecule has 1 aliphatic heterocycles. The zero-order valence-corrected chi connectivity index (χ0v) is 15.2. The van der Waals surface area contributed by atoms with Gasteiger partial charge in [-0.15, -0.1) is 0 Å². The Morgan fingerprint density at radius 1 is 1.15 bits per heavy atom. The van der Waals surface area contributed by atoms with E-state index in [2.05, 4.69) is 10.6 Å². The lowest BCUT2D eigenvalue weighted by atomic mass is 10.1. The Hall–Kier alpha value is -3.02. The molecule has 6 heteroatoms. The van der Waals surface area contributed by atoms with E-state index in [0.29, 0.717) is 24.4 Å². The molecule has 0 radical (unpaired) electrons. The second-order valence-corrected chi connectivity index (χ2v) is 6.43. The van der Waals surface area contributed by atoms with Crippen molar-refractivity contribution >= 4 is 23.3 Å². The molecule has 1 atom stereocenters. The molecular weight excluding hydrogens is 330 g/mol. The highest BCUT2D eigenvalue weighted by Crippen LogP contribution is 2.24. The van der Waals surface area contributed by atoms with E-state index in [4.69, 9.17) is 4.74 Å². The normalized spacial score (nSPS) is 16.5. The van der Waals surface area contributed by atoms with Crippen molar-refractivity contribution < 1.29 is 14.3 Å². The quantitative estimate of drug-likeness (QED) is 0.886. The first-order valence-corrected chi connectivity index (χ1v) is 8.58. The van der Waals surface area contributed by atoms with Crippen LogP contribution in [0.25, 0.3) is 0 Å². The predicted octanol–water partition coefficient (Wildman–Crippen LogP) is 3.24. The summed E-state index contributed by atoms with van der Waals surface area (Å²) in [7, 11) is 1.57. The van der Waals surface area contributed by atoms with Crippen molar-refractivity contribution in [1.82, 2.24) is 5.32 Å². The Balaban J connectivity index is 1.62. The van der Waals surface area contributed by atoms with Crippen LogP contribution in [0.15, 0.2) is 42.5 Å². The number of carbonyl (C=O) groups excluding carboxylic acids is 2. The molecule has 136 valence electrons. The number of ether oxygens (including phenoxy) is 1. The zero-order chi connectivity index (χ0) is 18.7. The molecule has 0 spiro atoms. The van der Waals surface area contributed by atoms with E-state index in [1.54, 1.807) is 36.3 Å². The van der Waals surface area contributed by atoms with Gasteiger partial charge in [0, 0.05) is 24.0 Å². The number of nitrogens with one attached hydrogen (secondary N) is 2. The largest absolute Gasteiger partial charge is 0.497 e. The van der Waals surface area contributed by atoms with E-state index in [9.17, 15) is 9.59 Å². The van der Waals surface area contributed by atoms with Gasteiger partial charge in [0.2, 0.25) is 5.91 Å². The lowest BCUT2D eigenvalue weighted by Gasteiger charge is -2.18. The highest BCUT2D eigenvalue weighted by atomic mass is 16.5. The van der Waals surface area contributed by atoms with Gasteiger partial charge in [-0.1, -0.05) is 12.1 Å². The van der Waals surface area contributed by atoms with Gasteiger partial charge >= 0.3 is 6.03 Å². The number of hydrogen-bond acceptors (Lipinski definition) is 3. The smallest absolute Gasteiger partial charge is 0.319 e. The second-order valence-electron chi connectivity index (χ2n) is 6.43. The summed E-state index contributed by atoms with van der Waals surface area (Å²) < 4.78 is 5.14. The summed E-state index contributed by atoms with van der Waals surface area (Å²) in [6, 6.07) is 12.1. The fraction of sp³-hybridized carbons (Fsp3) is 0.300. The van der Waals surface area contributed by atoms with E-state index in [0.717, 1.165) is 11.3 Å². The maximum absolute atomic E-state index is 12.7. The van der Waals surface area contributed by atoms with Gasteiger partial charge in [0.25, 0.3) is 0 Å². The maximum Gasteiger partial charge on any atom is 0.319 e. The number of anilines is 2.